The van der Waals surface area contributed by atoms with E-state index in [4.69, 9.17) is 0 Å². The first kappa shape index (κ1) is 7.45. The van der Waals surface area contributed by atoms with Crippen molar-refractivity contribution in [2.75, 3.05) is 0 Å². The van der Waals surface area contributed by atoms with Crippen LogP contribution in [0, 0.1) is 5.41 Å². The lowest BCUT2D eigenvalue weighted by molar-refractivity contribution is 0.0850. The van der Waals surface area contributed by atoms with Crippen molar-refractivity contribution in [3.63, 3.8) is 0 Å². The average molecular weight is 142 g/mol. The van der Waals surface area contributed by atoms with Crippen LogP contribution in [0.25, 0.3) is 0 Å². The summed E-state index contributed by atoms with van der Waals surface area (Å²) in [7, 11) is 0. The van der Waals surface area contributed by atoms with E-state index in [0.717, 1.165) is 12.4 Å². The molecular weight excluding hydrogens is 128 g/mol. The summed E-state index contributed by atoms with van der Waals surface area (Å²) >= 11 is 0. The second kappa shape index (κ2) is 2.19. The monoisotopic (exact) mass is 142 g/mol. The maximum atomic E-state index is 4.60. The molecule has 0 saturated carbocycles. The second-order valence-electron chi connectivity index (χ2n) is 3.97. The molecule has 1 fully saturated rings. The average Bonchev–Trinajstić information content (AvgIpc) is 2.35. The Balaban J connectivity index is 2.46. The van der Waals surface area contributed by atoms with E-state index >= 15 is 0 Å². The summed E-state index contributed by atoms with van der Waals surface area (Å²) in [6, 6.07) is 0. The fraction of sp³-hybridized carbons (Fsp3) is 0.750. The minimum absolute atomic E-state index is 0.326. The summed E-state index contributed by atoms with van der Waals surface area (Å²) in [5.74, 6) is 0.718. The maximum absolute atomic E-state index is 4.60. The molecule has 0 amide bonds. The Kier molecular flexibility index (Phi) is 1.63. The molecule has 0 aromatic carbocycles. The summed E-state index contributed by atoms with van der Waals surface area (Å²) in [5.41, 5.74) is 1.53. The van der Waals surface area contributed by atoms with Crippen LogP contribution in [-0.4, -0.2) is 0 Å². The molecule has 0 atom stereocenters. The van der Waals surface area contributed by atoms with E-state index < -0.39 is 0 Å². The third kappa shape index (κ3) is 2.29. The Bertz CT molecular complexity index is 157. The summed E-state index contributed by atoms with van der Waals surface area (Å²) in [5, 5.41) is 0. The first-order valence-corrected chi connectivity index (χ1v) is 3.53. The lowest BCUT2D eigenvalue weighted by atomic mass is 9.89. The van der Waals surface area contributed by atoms with Gasteiger partial charge in [0.25, 0.3) is 0 Å². The molecule has 10 heavy (non-hydrogen) atoms. The standard InChI is InChI=1S/C8H14O2/c1-6(7-9-10-7)5-8(2,3)4/h5H2,1-4H3. The van der Waals surface area contributed by atoms with Crippen LogP contribution in [0.1, 0.15) is 34.1 Å². The zero-order valence-electron chi connectivity index (χ0n) is 7.02. The van der Waals surface area contributed by atoms with Crippen LogP contribution >= 0.6 is 0 Å². The predicted octanol–water partition coefficient (Wildman–Crippen LogP) is 2.62. The van der Waals surface area contributed by atoms with Crippen LogP contribution in [0.5, 0.6) is 0 Å². The fourth-order valence-electron chi connectivity index (χ4n) is 1.03. The third-order valence-corrected chi connectivity index (χ3v) is 1.31. The zero-order chi connectivity index (χ0) is 7.78. The van der Waals surface area contributed by atoms with Gasteiger partial charge in [-0.3, -0.25) is 0 Å². The number of hydrogen-bond acceptors (Lipinski definition) is 2. The minimum atomic E-state index is 0.326. The van der Waals surface area contributed by atoms with E-state index in [1.807, 2.05) is 6.92 Å². The van der Waals surface area contributed by atoms with Crippen LogP contribution in [0.15, 0.2) is 11.5 Å². The van der Waals surface area contributed by atoms with Crippen LogP contribution in [-0.2, 0) is 9.78 Å². The Morgan fingerprint density at radius 1 is 1.30 bits per heavy atom. The van der Waals surface area contributed by atoms with E-state index in [0.29, 0.717) is 5.41 Å². The lowest BCUT2D eigenvalue weighted by Gasteiger charge is -2.16. The van der Waals surface area contributed by atoms with E-state index in [1.165, 1.54) is 5.57 Å². The molecule has 1 heterocycles. The van der Waals surface area contributed by atoms with Gasteiger partial charge in [-0.25, -0.2) is 9.78 Å². The summed E-state index contributed by atoms with van der Waals surface area (Å²) in [6.07, 6.45) is 1.03. The Morgan fingerprint density at radius 3 is 2.10 bits per heavy atom. The highest BCUT2D eigenvalue weighted by Gasteiger charge is 2.25. The van der Waals surface area contributed by atoms with Gasteiger partial charge in [0.05, 0.1) is 0 Å². The fourth-order valence-corrected chi connectivity index (χ4v) is 1.03. The zero-order valence-corrected chi connectivity index (χ0v) is 7.02. The van der Waals surface area contributed by atoms with Gasteiger partial charge < -0.3 is 0 Å². The SMILES string of the molecule is CC(CC(C)(C)C)=C1OO1. The maximum Gasteiger partial charge on any atom is 0.378 e. The van der Waals surface area contributed by atoms with Gasteiger partial charge >= 0.3 is 5.95 Å². The molecule has 0 aromatic heterocycles. The van der Waals surface area contributed by atoms with Crippen molar-refractivity contribution < 1.29 is 9.78 Å². The molecule has 0 aliphatic carbocycles. The van der Waals surface area contributed by atoms with Crippen LogP contribution < -0.4 is 0 Å². The topological polar surface area (TPSA) is 25.1 Å². The van der Waals surface area contributed by atoms with E-state index in [2.05, 4.69) is 30.5 Å². The smallest absolute Gasteiger partial charge is 0.242 e. The Morgan fingerprint density at radius 2 is 1.80 bits per heavy atom. The molecule has 2 nitrogen and oxygen atoms in total. The first-order valence-electron chi connectivity index (χ1n) is 3.53. The highest BCUT2D eigenvalue weighted by atomic mass is 17.4. The van der Waals surface area contributed by atoms with Gasteiger partial charge in [-0.1, -0.05) is 20.8 Å². The van der Waals surface area contributed by atoms with Crippen molar-refractivity contribution in [1.29, 1.82) is 0 Å². The molecule has 1 rings (SSSR count). The quantitative estimate of drug-likeness (QED) is 0.415. The minimum Gasteiger partial charge on any atom is -0.242 e. The normalized spacial score (nSPS) is 15.8. The van der Waals surface area contributed by atoms with Crippen molar-refractivity contribution in [3.8, 4) is 0 Å². The molecule has 2 heteroatoms. The molecule has 0 radical (unpaired) electrons. The van der Waals surface area contributed by atoms with E-state index in [-0.39, 0.29) is 0 Å². The number of allylic oxidation sites excluding steroid dienone is 1. The summed E-state index contributed by atoms with van der Waals surface area (Å²) in [4.78, 5) is 9.19. The highest BCUT2D eigenvalue weighted by molar-refractivity contribution is 5.04. The Hall–Kier alpha value is -0.660. The molecule has 0 bridgehead atoms. The van der Waals surface area contributed by atoms with Gasteiger partial charge in [-0.2, -0.15) is 0 Å². The van der Waals surface area contributed by atoms with Gasteiger partial charge in [0, 0.05) is 5.57 Å². The molecule has 0 spiro atoms. The second-order valence-corrected chi connectivity index (χ2v) is 3.97. The predicted molar refractivity (Wildman–Crippen MR) is 38.9 cm³/mol. The first-order chi connectivity index (χ1) is 4.49. The lowest BCUT2D eigenvalue weighted by Crippen LogP contribution is -2.04. The molecule has 1 aliphatic heterocycles. The molecule has 0 aromatic rings. The van der Waals surface area contributed by atoms with Gasteiger partial charge in [-0.15, -0.1) is 0 Å². The van der Waals surface area contributed by atoms with Crippen molar-refractivity contribution in [2.24, 2.45) is 5.41 Å². The van der Waals surface area contributed by atoms with Gasteiger partial charge in [-0.05, 0) is 18.8 Å². The number of rotatable bonds is 1. The van der Waals surface area contributed by atoms with Crippen LogP contribution in [0.4, 0.5) is 0 Å². The summed E-state index contributed by atoms with van der Waals surface area (Å²) < 4.78 is 0. The van der Waals surface area contributed by atoms with Crippen molar-refractivity contribution in [1.82, 2.24) is 0 Å². The van der Waals surface area contributed by atoms with Crippen molar-refractivity contribution in [2.45, 2.75) is 34.1 Å². The van der Waals surface area contributed by atoms with E-state index in [1.54, 1.807) is 0 Å². The molecule has 1 aliphatic rings. The highest BCUT2D eigenvalue weighted by Crippen LogP contribution is 2.31. The molecule has 0 unspecified atom stereocenters. The van der Waals surface area contributed by atoms with Gasteiger partial charge in [0.1, 0.15) is 0 Å². The van der Waals surface area contributed by atoms with Crippen molar-refractivity contribution in [3.05, 3.63) is 11.5 Å². The molecule has 58 valence electrons. The van der Waals surface area contributed by atoms with Crippen molar-refractivity contribution >= 4 is 0 Å². The molecule has 0 N–H and O–H groups in total. The third-order valence-electron chi connectivity index (χ3n) is 1.31. The Labute approximate surface area is 61.8 Å². The summed E-state index contributed by atoms with van der Waals surface area (Å²) in [6.45, 7) is 8.62. The molecular formula is C8H14O2. The largest absolute Gasteiger partial charge is 0.378 e. The van der Waals surface area contributed by atoms with Crippen LogP contribution in [0.2, 0.25) is 0 Å². The van der Waals surface area contributed by atoms with E-state index in [9.17, 15) is 0 Å². The van der Waals surface area contributed by atoms with Crippen LogP contribution in [0.3, 0.4) is 0 Å². The number of hydrogen-bond donors (Lipinski definition) is 0. The molecule has 1 saturated heterocycles. The van der Waals surface area contributed by atoms with Gasteiger partial charge in [0.2, 0.25) is 0 Å². The van der Waals surface area contributed by atoms with Gasteiger partial charge in [0.15, 0.2) is 0 Å².